The SMILES string of the molecule is C/C(=C\CCC1(C)CCc2cc(OCc3ccc(F)cc3)ccc2O1)CC/C=N/Nc1ncc(Cl)cc1C(F)(F)F. The molecule has 0 radical (unpaired) electrons. The predicted molar refractivity (Wildman–Crippen MR) is 153 cm³/mol. The lowest BCUT2D eigenvalue weighted by atomic mass is 9.88. The van der Waals surface area contributed by atoms with Crippen LogP contribution in [-0.2, 0) is 19.2 Å². The maximum absolute atomic E-state index is 13.1. The van der Waals surface area contributed by atoms with Crippen molar-refractivity contribution in [3.8, 4) is 11.5 Å². The Morgan fingerprint density at radius 3 is 2.71 bits per heavy atom. The Morgan fingerprint density at radius 1 is 1.17 bits per heavy atom. The molecule has 2 aromatic carbocycles. The summed E-state index contributed by atoms with van der Waals surface area (Å²) in [6.07, 6.45) is 5.01. The fourth-order valence-corrected chi connectivity index (χ4v) is 4.67. The van der Waals surface area contributed by atoms with Gasteiger partial charge in [0.05, 0.1) is 5.02 Å². The third-order valence-electron chi connectivity index (χ3n) is 6.89. The number of pyridine rings is 1. The van der Waals surface area contributed by atoms with Crippen LogP contribution in [0.4, 0.5) is 23.4 Å². The van der Waals surface area contributed by atoms with E-state index >= 15 is 0 Å². The Labute approximate surface area is 242 Å². The average Bonchev–Trinajstić information content (AvgIpc) is 2.92. The molecule has 1 N–H and O–H groups in total. The van der Waals surface area contributed by atoms with E-state index in [9.17, 15) is 17.6 Å². The van der Waals surface area contributed by atoms with Crippen molar-refractivity contribution in [2.45, 2.75) is 70.8 Å². The molecule has 1 unspecified atom stereocenters. The Bertz CT molecular complexity index is 1390. The van der Waals surface area contributed by atoms with E-state index in [-0.39, 0.29) is 22.3 Å². The van der Waals surface area contributed by atoms with E-state index in [4.69, 9.17) is 21.1 Å². The molecular weight excluding hydrogens is 558 g/mol. The number of anilines is 1. The number of ether oxygens (including phenoxy) is 2. The molecule has 5 nitrogen and oxygen atoms in total. The van der Waals surface area contributed by atoms with Gasteiger partial charge in [-0.1, -0.05) is 35.4 Å². The van der Waals surface area contributed by atoms with Gasteiger partial charge in [0.2, 0.25) is 0 Å². The zero-order chi connectivity index (χ0) is 29.5. The van der Waals surface area contributed by atoms with E-state index in [0.717, 1.165) is 67.0 Å². The summed E-state index contributed by atoms with van der Waals surface area (Å²) in [5.74, 6) is 0.957. The quantitative estimate of drug-likeness (QED) is 0.105. The summed E-state index contributed by atoms with van der Waals surface area (Å²) >= 11 is 5.65. The van der Waals surface area contributed by atoms with E-state index in [1.807, 2.05) is 25.1 Å². The highest BCUT2D eigenvalue weighted by Gasteiger charge is 2.35. The van der Waals surface area contributed by atoms with Crippen LogP contribution >= 0.6 is 11.6 Å². The van der Waals surface area contributed by atoms with Crippen LogP contribution in [0.3, 0.4) is 0 Å². The number of aryl methyl sites for hydroxylation is 1. The van der Waals surface area contributed by atoms with Crippen LogP contribution in [0.5, 0.6) is 11.5 Å². The number of hydrogen-bond acceptors (Lipinski definition) is 5. The molecule has 0 saturated carbocycles. The van der Waals surface area contributed by atoms with Crippen LogP contribution in [0.1, 0.15) is 62.6 Å². The van der Waals surface area contributed by atoms with Crippen molar-refractivity contribution in [3.63, 3.8) is 0 Å². The van der Waals surface area contributed by atoms with Gasteiger partial charge in [0.15, 0.2) is 5.82 Å². The Morgan fingerprint density at radius 2 is 1.95 bits per heavy atom. The number of fused-ring (bicyclic) bond motifs is 1. The predicted octanol–water partition coefficient (Wildman–Crippen LogP) is 9.16. The number of allylic oxidation sites excluding steroid dienone is 2. The maximum atomic E-state index is 13.1. The fourth-order valence-electron chi connectivity index (χ4n) is 4.51. The molecule has 10 heteroatoms. The van der Waals surface area contributed by atoms with E-state index in [1.165, 1.54) is 23.9 Å². The molecule has 0 spiro atoms. The molecule has 41 heavy (non-hydrogen) atoms. The summed E-state index contributed by atoms with van der Waals surface area (Å²) in [6, 6.07) is 12.9. The average molecular weight is 590 g/mol. The second kappa shape index (κ2) is 13.4. The zero-order valence-corrected chi connectivity index (χ0v) is 23.7. The largest absolute Gasteiger partial charge is 0.489 e. The molecular formula is C31H32ClF4N3O2. The van der Waals surface area contributed by atoms with E-state index < -0.39 is 11.7 Å². The third kappa shape index (κ3) is 8.95. The maximum Gasteiger partial charge on any atom is 0.420 e. The summed E-state index contributed by atoms with van der Waals surface area (Å²) in [4.78, 5) is 3.69. The second-order valence-corrected chi connectivity index (χ2v) is 10.8. The van der Waals surface area contributed by atoms with Crippen LogP contribution in [0.15, 0.2) is 71.5 Å². The van der Waals surface area contributed by atoms with Crippen molar-refractivity contribution in [2.24, 2.45) is 5.10 Å². The van der Waals surface area contributed by atoms with Crippen molar-refractivity contribution >= 4 is 23.6 Å². The molecule has 0 fully saturated rings. The lowest BCUT2D eigenvalue weighted by molar-refractivity contribution is -0.137. The third-order valence-corrected chi connectivity index (χ3v) is 7.09. The van der Waals surface area contributed by atoms with Gasteiger partial charge in [-0.15, -0.1) is 0 Å². The number of halogens is 5. The summed E-state index contributed by atoms with van der Waals surface area (Å²) in [5.41, 5.74) is 4.29. The molecule has 1 atom stereocenters. The molecule has 0 saturated heterocycles. The number of benzene rings is 2. The van der Waals surface area contributed by atoms with Gasteiger partial charge in [0.25, 0.3) is 0 Å². The normalized spacial score (nSPS) is 17.3. The van der Waals surface area contributed by atoms with Gasteiger partial charge in [0.1, 0.15) is 35.1 Å². The van der Waals surface area contributed by atoms with Crippen molar-refractivity contribution in [1.82, 2.24) is 4.98 Å². The van der Waals surface area contributed by atoms with E-state index in [0.29, 0.717) is 13.0 Å². The first-order valence-electron chi connectivity index (χ1n) is 13.4. The number of hydrazone groups is 1. The smallest absolute Gasteiger partial charge is 0.420 e. The van der Waals surface area contributed by atoms with Crippen LogP contribution in [0.25, 0.3) is 0 Å². The van der Waals surface area contributed by atoms with Crippen LogP contribution in [0, 0.1) is 5.82 Å². The highest BCUT2D eigenvalue weighted by atomic mass is 35.5. The number of aromatic nitrogens is 1. The van der Waals surface area contributed by atoms with Gasteiger partial charge in [-0.3, -0.25) is 5.43 Å². The lowest BCUT2D eigenvalue weighted by Crippen LogP contribution is -2.36. The summed E-state index contributed by atoms with van der Waals surface area (Å²) in [6.45, 7) is 4.51. The number of alkyl halides is 3. The van der Waals surface area contributed by atoms with Crippen molar-refractivity contribution in [2.75, 3.05) is 5.43 Å². The van der Waals surface area contributed by atoms with Crippen molar-refractivity contribution in [1.29, 1.82) is 0 Å². The molecule has 0 amide bonds. The molecule has 0 aliphatic carbocycles. The molecule has 0 bridgehead atoms. The van der Waals surface area contributed by atoms with Crippen molar-refractivity contribution < 1.29 is 27.0 Å². The number of nitrogens with zero attached hydrogens (tertiary/aromatic N) is 2. The fraction of sp³-hybridized carbons (Fsp3) is 0.355. The summed E-state index contributed by atoms with van der Waals surface area (Å²) < 4.78 is 64.8. The lowest BCUT2D eigenvalue weighted by Gasteiger charge is -2.36. The molecule has 1 aliphatic rings. The Balaban J connectivity index is 1.21. The Hall–Kier alpha value is -3.59. The van der Waals surface area contributed by atoms with Crippen LogP contribution in [-0.4, -0.2) is 16.8 Å². The van der Waals surface area contributed by atoms with Gasteiger partial charge in [-0.05, 0) is 99.9 Å². The molecule has 1 aliphatic heterocycles. The summed E-state index contributed by atoms with van der Waals surface area (Å²) in [5, 5.41) is 3.79. The Kier molecular flexibility index (Phi) is 9.91. The van der Waals surface area contributed by atoms with Gasteiger partial charge in [-0.2, -0.15) is 18.3 Å². The monoisotopic (exact) mass is 589 g/mol. The minimum atomic E-state index is -4.58. The summed E-state index contributed by atoms with van der Waals surface area (Å²) in [7, 11) is 0. The highest BCUT2D eigenvalue weighted by Crippen LogP contribution is 2.38. The van der Waals surface area contributed by atoms with Crippen LogP contribution < -0.4 is 14.9 Å². The van der Waals surface area contributed by atoms with E-state index in [1.54, 1.807) is 12.1 Å². The molecule has 1 aromatic heterocycles. The number of nitrogens with one attached hydrogen (secondary N) is 1. The van der Waals surface area contributed by atoms with Gasteiger partial charge in [0, 0.05) is 12.4 Å². The zero-order valence-electron chi connectivity index (χ0n) is 22.9. The highest BCUT2D eigenvalue weighted by molar-refractivity contribution is 6.30. The first-order valence-corrected chi connectivity index (χ1v) is 13.7. The topological polar surface area (TPSA) is 55.7 Å². The van der Waals surface area contributed by atoms with Crippen molar-refractivity contribution in [3.05, 3.63) is 93.9 Å². The number of rotatable bonds is 11. The van der Waals surface area contributed by atoms with Gasteiger partial charge >= 0.3 is 6.18 Å². The minimum absolute atomic E-state index is 0.0944. The van der Waals surface area contributed by atoms with Crippen LogP contribution in [0.2, 0.25) is 5.02 Å². The molecule has 3 aromatic rings. The first-order chi connectivity index (χ1) is 19.5. The van der Waals surface area contributed by atoms with Gasteiger partial charge < -0.3 is 9.47 Å². The van der Waals surface area contributed by atoms with E-state index in [2.05, 4.69) is 28.5 Å². The second-order valence-electron chi connectivity index (χ2n) is 10.3. The molecule has 4 rings (SSSR count). The first kappa shape index (κ1) is 30.4. The molecule has 2 heterocycles. The standard InChI is InChI=1S/C31H32ClF4N3O2/c1-21(6-4-16-38-39-29-27(31(34,35)36)18-24(32)19-37-29)5-3-14-30(2)15-13-23-17-26(11-12-28(23)41-30)40-20-22-7-9-25(33)10-8-22/h5,7-12,16-19H,3-4,6,13-15,20H2,1-2H3,(H,37,39)/b21-5+,38-16+. The molecule has 218 valence electrons. The van der Waals surface area contributed by atoms with Gasteiger partial charge in [-0.25, -0.2) is 9.37 Å². The minimum Gasteiger partial charge on any atom is -0.489 e. The number of hydrogen-bond donors (Lipinski definition) is 1.